The molecule has 2 saturated carbocycles. The Morgan fingerprint density at radius 2 is 2.04 bits per heavy atom. The summed E-state index contributed by atoms with van der Waals surface area (Å²) in [7, 11) is 0. The summed E-state index contributed by atoms with van der Waals surface area (Å²) in [5.41, 5.74) is 2.13. The molecule has 2 atom stereocenters. The Labute approximate surface area is 163 Å². The molecule has 4 rings (SSSR count). The normalized spacial score (nSPS) is 27.5. The van der Waals surface area contributed by atoms with Crippen molar-refractivity contribution < 1.29 is 0 Å². The molecule has 1 aromatic rings. The van der Waals surface area contributed by atoms with E-state index < -0.39 is 0 Å². The van der Waals surface area contributed by atoms with Gasteiger partial charge in [-0.2, -0.15) is 0 Å². The molecule has 1 spiro atoms. The lowest BCUT2D eigenvalue weighted by atomic mass is 9.68. The number of benzene rings is 1. The minimum atomic E-state index is 0. The van der Waals surface area contributed by atoms with E-state index in [1.54, 1.807) is 0 Å². The van der Waals surface area contributed by atoms with E-state index in [4.69, 9.17) is 4.99 Å². The van der Waals surface area contributed by atoms with Crippen molar-refractivity contribution in [1.29, 1.82) is 0 Å². The van der Waals surface area contributed by atoms with Gasteiger partial charge in [0, 0.05) is 26.2 Å². The summed E-state index contributed by atoms with van der Waals surface area (Å²) in [6, 6.07) is 10.9. The van der Waals surface area contributed by atoms with Gasteiger partial charge in [0.2, 0.25) is 0 Å². The molecule has 132 valence electrons. The molecule has 1 aromatic carbocycles. The topological polar surface area (TPSA) is 27.6 Å². The Hall–Kier alpha value is -0.780. The number of guanidine groups is 1. The van der Waals surface area contributed by atoms with Gasteiger partial charge in [0.05, 0.1) is 0 Å². The third kappa shape index (κ3) is 3.73. The van der Waals surface area contributed by atoms with Gasteiger partial charge in [-0.3, -0.25) is 4.99 Å². The van der Waals surface area contributed by atoms with Crippen molar-refractivity contribution in [2.75, 3.05) is 26.2 Å². The molecule has 2 unspecified atom stereocenters. The number of halogens is 1. The van der Waals surface area contributed by atoms with Crippen LogP contribution in [0.2, 0.25) is 0 Å². The van der Waals surface area contributed by atoms with Crippen LogP contribution in [0.5, 0.6) is 0 Å². The molecule has 2 aliphatic carbocycles. The lowest BCUT2D eigenvalue weighted by molar-refractivity contribution is 0.151. The summed E-state index contributed by atoms with van der Waals surface area (Å²) in [6.07, 6.45) is 6.97. The summed E-state index contributed by atoms with van der Waals surface area (Å²) in [4.78, 5) is 7.51. The summed E-state index contributed by atoms with van der Waals surface area (Å²) in [5, 5.41) is 3.52. The number of rotatable bonds is 4. The van der Waals surface area contributed by atoms with Crippen molar-refractivity contribution in [1.82, 2.24) is 10.2 Å². The SMILES string of the molecule is CCNC(=NCC1CC1c1ccccc1)N1CCC2(CCC2)C1.I. The molecule has 3 fully saturated rings. The molecule has 1 aliphatic heterocycles. The first-order chi connectivity index (χ1) is 11.3. The Morgan fingerprint density at radius 3 is 2.67 bits per heavy atom. The maximum absolute atomic E-state index is 4.99. The van der Waals surface area contributed by atoms with Gasteiger partial charge in [-0.25, -0.2) is 0 Å². The predicted molar refractivity (Wildman–Crippen MR) is 111 cm³/mol. The average molecular weight is 439 g/mol. The zero-order valence-electron chi connectivity index (χ0n) is 14.7. The van der Waals surface area contributed by atoms with Gasteiger partial charge in [0.15, 0.2) is 5.96 Å². The Balaban J connectivity index is 0.00000169. The molecule has 3 aliphatic rings. The summed E-state index contributed by atoms with van der Waals surface area (Å²) >= 11 is 0. The molecule has 0 radical (unpaired) electrons. The molecule has 0 bridgehead atoms. The smallest absolute Gasteiger partial charge is 0.193 e. The van der Waals surface area contributed by atoms with E-state index in [1.807, 2.05) is 0 Å². The number of aliphatic imine (C=N–C) groups is 1. The first kappa shape index (κ1) is 18.0. The van der Waals surface area contributed by atoms with Gasteiger partial charge in [-0.15, -0.1) is 24.0 Å². The molecule has 1 N–H and O–H groups in total. The van der Waals surface area contributed by atoms with Crippen LogP contribution in [0.4, 0.5) is 0 Å². The van der Waals surface area contributed by atoms with Crippen LogP contribution in [-0.4, -0.2) is 37.0 Å². The fourth-order valence-corrected chi connectivity index (χ4v) is 4.39. The van der Waals surface area contributed by atoms with Gasteiger partial charge < -0.3 is 10.2 Å². The third-order valence-electron chi connectivity index (χ3n) is 6.11. The lowest BCUT2D eigenvalue weighted by Gasteiger charge is -2.38. The minimum absolute atomic E-state index is 0. The monoisotopic (exact) mass is 439 g/mol. The van der Waals surface area contributed by atoms with Crippen molar-refractivity contribution in [3.8, 4) is 0 Å². The Morgan fingerprint density at radius 1 is 1.25 bits per heavy atom. The lowest BCUT2D eigenvalue weighted by Crippen LogP contribution is -2.42. The third-order valence-corrected chi connectivity index (χ3v) is 6.11. The van der Waals surface area contributed by atoms with E-state index in [0.717, 1.165) is 30.9 Å². The molecule has 3 nitrogen and oxygen atoms in total. The first-order valence-electron chi connectivity index (χ1n) is 9.38. The molecule has 0 aromatic heterocycles. The number of likely N-dealkylation sites (tertiary alicyclic amines) is 1. The maximum atomic E-state index is 4.99. The van der Waals surface area contributed by atoms with Gasteiger partial charge in [0.25, 0.3) is 0 Å². The van der Waals surface area contributed by atoms with Gasteiger partial charge in [-0.05, 0) is 55.4 Å². The van der Waals surface area contributed by atoms with E-state index in [0.29, 0.717) is 5.41 Å². The van der Waals surface area contributed by atoms with Crippen molar-refractivity contribution in [3.05, 3.63) is 35.9 Å². The highest BCUT2D eigenvalue weighted by Crippen LogP contribution is 2.49. The molecule has 1 saturated heterocycles. The van der Waals surface area contributed by atoms with E-state index >= 15 is 0 Å². The quantitative estimate of drug-likeness (QED) is 0.432. The number of hydrogen-bond donors (Lipinski definition) is 1. The Bertz CT molecular complexity index is 568. The molecular formula is C20H30IN3. The van der Waals surface area contributed by atoms with E-state index in [9.17, 15) is 0 Å². The van der Waals surface area contributed by atoms with Gasteiger partial charge in [-0.1, -0.05) is 36.8 Å². The molecular weight excluding hydrogens is 409 g/mol. The van der Waals surface area contributed by atoms with Crippen LogP contribution in [0.15, 0.2) is 35.3 Å². The van der Waals surface area contributed by atoms with E-state index in [-0.39, 0.29) is 24.0 Å². The number of nitrogens with zero attached hydrogens (tertiary/aromatic N) is 2. The van der Waals surface area contributed by atoms with Crippen LogP contribution >= 0.6 is 24.0 Å². The first-order valence-corrected chi connectivity index (χ1v) is 9.38. The second-order valence-corrected chi connectivity index (χ2v) is 7.73. The average Bonchev–Trinajstić information content (AvgIpc) is 3.18. The molecule has 0 amide bonds. The van der Waals surface area contributed by atoms with Gasteiger partial charge in [0.1, 0.15) is 0 Å². The van der Waals surface area contributed by atoms with Crippen LogP contribution in [0.3, 0.4) is 0 Å². The van der Waals surface area contributed by atoms with Crippen LogP contribution in [-0.2, 0) is 0 Å². The number of nitrogens with one attached hydrogen (secondary N) is 1. The Kier molecular flexibility index (Phi) is 5.73. The van der Waals surface area contributed by atoms with Crippen molar-refractivity contribution in [2.24, 2.45) is 16.3 Å². The van der Waals surface area contributed by atoms with Crippen molar-refractivity contribution >= 4 is 29.9 Å². The maximum Gasteiger partial charge on any atom is 0.193 e. The zero-order chi connectivity index (χ0) is 15.7. The van der Waals surface area contributed by atoms with E-state index in [1.165, 1.54) is 50.8 Å². The highest BCUT2D eigenvalue weighted by molar-refractivity contribution is 14.0. The second kappa shape index (κ2) is 7.63. The second-order valence-electron chi connectivity index (χ2n) is 7.73. The zero-order valence-corrected chi connectivity index (χ0v) is 17.0. The standard InChI is InChI=1S/C20H29N3.HI/c1-2-21-19(23-12-11-20(15-23)9-6-10-20)22-14-17-13-18(17)16-7-4-3-5-8-16;/h3-5,7-8,17-18H,2,6,9-15H2,1H3,(H,21,22);1H. The van der Waals surface area contributed by atoms with Gasteiger partial charge >= 0.3 is 0 Å². The summed E-state index contributed by atoms with van der Waals surface area (Å²) < 4.78 is 0. The summed E-state index contributed by atoms with van der Waals surface area (Å²) in [6.45, 7) is 6.54. The minimum Gasteiger partial charge on any atom is -0.357 e. The molecule has 4 heteroatoms. The van der Waals surface area contributed by atoms with Crippen LogP contribution in [0, 0.1) is 11.3 Å². The predicted octanol–water partition coefficient (Wildman–Crippen LogP) is 4.25. The van der Waals surface area contributed by atoms with Crippen LogP contribution in [0.1, 0.15) is 50.5 Å². The fourth-order valence-electron chi connectivity index (χ4n) is 4.39. The van der Waals surface area contributed by atoms with Crippen LogP contribution in [0.25, 0.3) is 0 Å². The highest BCUT2D eigenvalue weighted by atomic mass is 127. The summed E-state index contributed by atoms with van der Waals surface area (Å²) in [5.74, 6) is 2.64. The highest BCUT2D eigenvalue weighted by Gasteiger charge is 2.44. The van der Waals surface area contributed by atoms with Crippen molar-refractivity contribution in [3.63, 3.8) is 0 Å². The van der Waals surface area contributed by atoms with E-state index in [2.05, 4.69) is 47.5 Å². The fraction of sp³-hybridized carbons (Fsp3) is 0.650. The molecule has 24 heavy (non-hydrogen) atoms. The molecule has 1 heterocycles. The van der Waals surface area contributed by atoms with Crippen molar-refractivity contribution in [2.45, 2.75) is 44.9 Å². The number of hydrogen-bond acceptors (Lipinski definition) is 1. The largest absolute Gasteiger partial charge is 0.357 e. The van der Waals surface area contributed by atoms with Crippen LogP contribution < -0.4 is 5.32 Å².